The number of rotatable bonds is 8. The predicted octanol–water partition coefficient (Wildman–Crippen LogP) is 6.73. The van der Waals surface area contributed by atoms with Gasteiger partial charge in [0.15, 0.2) is 10.9 Å². The van der Waals surface area contributed by atoms with Crippen LogP contribution in [0.1, 0.15) is 63.1 Å². The summed E-state index contributed by atoms with van der Waals surface area (Å²) in [5.74, 6) is -1.48. The van der Waals surface area contributed by atoms with E-state index in [4.69, 9.17) is 4.74 Å². The van der Waals surface area contributed by atoms with E-state index in [1.54, 1.807) is 31.2 Å². The van der Waals surface area contributed by atoms with Crippen molar-refractivity contribution in [2.24, 2.45) is 0 Å². The van der Waals surface area contributed by atoms with Crippen molar-refractivity contribution in [2.45, 2.75) is 46.8 Å². The van der Waals surface area contributed by atoms with Crippen LogP contribution < -0.4 is 9.64 Å². The summed E-state index contributed by atoms with van der Waals surface area (Å²) in [7, 11) is 0. The lowest BCUT2D eigenvalue weighted by molar-refractivity contribution is -0.132. The topological polar surface area (TPSA) is 96.8 Å². The quantitative estimate of drug-likeness (QED) is 0.110. The molecule has 1 N–H and O–H groups in total. The van der Waals surface area contributed by atoms with Crippen molar-refractivity contribution in [3.8, 4) is 5.75 Å². The fourth-order valence-corrected chi connectivity index (χ4v) is 5.88. The fourth-order valence-electron chi connectivity index (χ4n) is 4.89. The number of nitrogens with zero attached hydrogens (tertiary/aromatic N) is 2. The number of thiazole rings is 1. The van der Waals surface area contributed by atoms with Gasteiger partial charge in [0.1, 0.15) is 18.1 Å². The summed E-state index contributed by atoms with van der Waals surface area (Å²) in [6.07, 6.45) is 0.826. The monoisotopic (exact) mass is 566 g/mol. The zero-order valence-corrected chi connectivity index (χ0v) is 24.1. The van der Waals surface area contributed by atoms with Crippen molar-refractivity contribution in [2.75, 3.05) is 4.90 Å². The number of amides is 1. The second kappa shape index (κ2) is 11.5. The number of hydrogen-bond acceptors (Lipinski definition) is 7. The molecule has 1 saturated heterocycles. The van der Waals surface area contributed by atoms with Crippen molar-refractivity contribution < 1.29 is 24.2 Å². The van der Waals surface area contributed by atoms with Crippen LogP contribution >= 0.6 is 11.3 Å². The molecular formula is C33H30N2O5S. The van der Waals surface area contributed by atoms with Gasteiger partial charge < -0.3 is 9.84 Å². The molecule has 0 bridgehead atoms. The normalized spacial score (nSPS) is 16.3. The highest BCUT2D eigenvalue weighted by Crippen LogP contribution is 2.44. The number of ketones is 2. The number of Topliss-reactive ketones (excluding diaryl/α,β-unsaturated/α-hetero) is 2. The Morgan fingerprint density at radius 2 is 1.68 bits per heavy atom. The van der Waals surface area contributed by atoms with E-state index >= 15 is 0 Å². The van der Waals surface area contributed by atoms with Crippen LogP contribution in [0, 0.1) is 13.8 Å². The molecule has 1 aromatic heterocycles. The Kier molecular flexibility index (Phi) is 7.85. The third-order valence-corrected chi connectivity index (χ3v) is 8.50. The number of ether oxygens (including phenoxy) is 1. The molecule has 0 radical (unpaired) electrons. The van der Waals surface area contributed by atoms with Crippen molar-refractivity contribution in [1.82, 2.24) is 4.98 Å². The average Bonchev–Trinajstić information content (AvgIpc) is 3.49. The van der Waals surface area contributed by atoms with E-state index in [1.165, 1.54) is 11.8 Å². The highest BCUT2D eigenvalue weighted by molar-refractivity contribution is 7.18. The molecule has 1 aliphatic heterocycles. The standard InChI is InChI=1S/C33H30N2O5S/c1-5-22-10-12-23(13-11-22)28-27(30(38)32(39)35(28)33-34-20(3)31(41-33)21(4)36)29(37)24-14-16-26(17-15-24)40-18-25-9-7-6-8-19(25)2/h6-17,28,37H,5,18H2,1-4H3/b29-27+. The summed E-state index contributed by atoms with van der Waals surface area (Å²) < 4.78 is 5.93. The summed E-state index contributed by atoms with van der Waals surface area (Å²) in [5, 5.41) is 11.7. The van der Waals surface area contributed by atoms with Gasteiger partial charge in [0.25, 0.3) is 5.78 Å². The van der Waals surface area contributed by atoms with Crippen LogP contribution in [0.2, 0.25) is 0 Å². The van der Waals surface area contributed by atoms with Gasteiger partial charge in [0.05, 0.1) is 22.2 Å². The maximum absolute atomic E-state index is 13.5. The second-order valence-corrected chi connectivity index (χ2v) is 10.9. The van der Waals surface area contributed by atoms with Gasteiger partial charge in [0.2, 0.25) is 0 Å². The minimum absolute atomic E-state index is 0.0370. The molecule has 1 aliphatic rings. The molecule has 2 heterocycles. The molecule has 5 rings (SSSR count). The number of aromatic nitrogens is 1. The Bertz CT molecular complexity index is 1670. The van der Waals surface area contributed by atoms with Crippen molar-refractivity contribution >= 4 is 39.7 Å². The van der Waals surface area contributed by atoms with Crippen LogP contribution in [-0.2, 0) is 22.6 Å². The van der Waals surface area contributed by atoms with Crippen LogP contribution in [0.3, 0.4) is 0 Å². The zero-order valence-electron chi connectivity index (χ0n) is 23.3. The molecule has 8 heteroatoms. The first-order valence-corrected chi connectivity index (χ1v) is 14.2. The number of aryl methyl sites for hydroxylation is 3. The molecule has 0 saturated carbocycles. The van der Waals surface area contributed by atoms with E-state index in [2.05, 4.69) is 4.98 Å². The third kappa shape index (κ3) is 5.43. The van der Waals surface area contributed by atoms with Crippen molar-refractivity contribution in [1.29, 1.82) is 0 Å². The van der Waals surface area contributed by atoms with Gasteiger partial charge in [0, 0.05) is 12.5 Å². The molecule has 208 valence electrons. The number of aliphatic hydroxyl groups is 1. The molecule has 41 heavy (non-hydrogen) atoms. The maximum atomic E-state index is 13.5. The van der Waals surface area contributed by atoms with Crippen LogP contribution in [0.15, 0.2) is 78.4 Å². The minimum atomic E-state index is -0.914. The maximum Gasteiger partial charge on any atom is 0.301 e. The molecule has 0 aliphatic carbocycles. The summed E-state index contributed by atoms with van der Waals surface area (Å²) >= 11 is 1.06. The second-order valence-electron chi connectivity index (χ2n) is 9.97. The Hall–Kier alpha value is -4.56. The van der Waals surface area contributed by atoms with Crippen molar-refractivity contribution in [3.05, 3.63) is 117 Å². The molecular weight excluding hydrogens is 536 g/mol. The lowest BCUT2D eigenvalue weighted by Crippen LogP contribution is -2.29. The van der Waals surface area contributed by atoms with Crippen LogP contribution in [0.25, 0.3) is 5.76 Å². The van der Waals surface area contributed by atoms with Crippen LogP contribution in [-0.4, -0.2) is 27.6 Å². The van der Waals surface area contributed by atoms with Gasteiger partial charge in [-0.15, -0.1) is 0 Å². The SMILES string of the molecule is CCc1ccc(C2/C(=C(\O)c3ccc(OCc4ccccc4C)cc3)C(=O)C(=O)N2c2nc(C)c(C(C)=O)s2)cc1. The zero-order chi connectivity index (χ0) is 29.3. The predicted molar refractivity (Wildman–Crippen MR) is 159 cm³/mol. The molecule has 1 unspecified atom stereocenters. The van der Waals surface area contributed by atoms with E-state index in [0.717, 1.165) is 34.4 Å². The van der Waals surface area contributed by atoms with E-state index in [0.29, 0.717) is 34.1 Å². The highest BCUT2D eigenvalue weighted by atomic mass is 32.1. The van der Waals surface area contributed by atoms with Gasteiger partial charge >= 0.3 is 5.91 Å². The number of hydrogen-bond donors (Lipinski definition) is 1. The average molecular weight is 567 g/mol. The minimum Gasteiger partial charge on any atom is -0.507 e. The first-order valence-electron chi connectivity index (χ1n) is 13.4. The first-order chi connectivity index (χ1) is 19.7. The Morgan fingerprint density at radius 3 is 2.29 bits per heavy atom. The van der Waals surface area contributed by atoms with Gasteiger partial charge in [-0.25, -0.2) is 4.98 Å². The lowest BCUT2D eigenvalue weighted by Gasteiger charge is -2.23. The largest absolute Gasteiger partial charge is 0.507 e. The molecule has 3 aromatic carbocycles. The van der Waals surface area contributed by atoms with Gasteiger partial charge in [-0.1, -0.05) is 66.8 Å². The molecule has 4 aromatic rings. The smallest absolute Gasteiger partial charge is 0.301 e. The lowest BCUT2D eigenvalue weighted by atomic mass is 9.94. The summed E-state index contributed by atoms with van der Waals surface area (Å²) in [6.45, 7) is 7.59. The molecule has 1 amide bonds. The van der Waals surface area contributed by atoms with Crippen LogP contribution in [0.4, 0.5) is 5.13 Å². The fraction of sp³-hybridized carbons (Fsp3) is 0.212. The van der Waals surface area contributed by atoms with E-state index in [-0.39, 0.29) is 22.2 Å². The Labute approximate surface area is 242 Å². The molecule has 7 nitrogen and oxygen atoms in total. The van der Waals surface area contributed by atoms with Crippen LogP contribution in [0.5, 0.6) is 5.75 Å². The number of anilines is 1. The number of benzene rings is 3. The Balaban J connectivity index is 1.54. The first kappa shape index (κ1) is 28.0. The van der Waals surface area contributed by atoms with E-state index in [1.807, 2.05) is 62.4 Å². The molecule has 1 atom stereocenters. The number of carbonyl (C=O) groups is 3. The van der Waals surface area contributed by atoms with Gasteiger partial charge in [-0.2, -0.15) is 0 Å². The number of carbonyl (C=O) groups excluding carboxylic acids is 3. The summed E-state index contributed by atoms with van der Waals surface area (Å²) in [5.41, 5.74) is 4.77. The summed E-state index contributed by atoms with van der Waals surface area (Å²) in [4.78, 5) is 45.2. The molecule has 0 spiro atoms. The third-order valence-electron chi connectivity index (χ3n) is 7.24. The van der Waals surface area contributed by atoms with Gasteiger partial charge in [-0.05, 0) is 66.8 Å². The molecule has 1 fully saturated rings. The highest BCUT2D eigenvalue weighted by Gasteiger charge is 2.48. The Morgan fingerprint density at radius 1 is 1.00 bits per heavy atom. The van der Waals surface area contributed by atoms with Gasteiger partial charge in [-0.3, -0.25) is 19.3 Å². The number of aliphatic hydroxyl groups excluding tert-OH is 1. The van der Waals surface area contributed by atoms with Crippen molar-refractivity contribution in [3.63, 3.8) is 0 Å². The summed E-state index contributed by atoms with van der Waals surface area (Å²) in [6, 6.07) is 21.4. The van der Waals surface area contributed by atoms with E-state index < -0.39 is 17.7 Å². The van der Waals surface area contributed by atoms with E-state index in [9.17, 15) is 19.5 Å².